The molecule has 2 aliphatic rings. The third-order valence-electron chi connectivity index (χ3n) is 5.18. The lowest BCUT2D eigenvalue weighted by molar-refractivity contribution is -0.147. The normalized spacial score (nSPS) is 30.4. The maximum atomic E-state index is 12.5. The number of hydrogen-bond acceptors (Lipinski definition) is 6. The molecule has 0 bridgehead atoms. The molecule has 0 saturated carbocycles. The molecule has 2 fully saturated rings. The van der Waals surface area contributed by atoms with Crippen molar-refractivity contribution in [2.75, 3.05) is 19.6 Å². The van der Waals surface area contributed by atoms with Gasteiger partial charge in [0.1, 0.15) is 5.54 Å². The summed E-state index contributed by atoms with van der Waals surface area (Å²) in [7, 11) is -1.40. The second-order valence-electron chi connectivity index (χ2n) is 7.42. The molecule has 2 atom stereocenters. The van der Waals surface area contributed by atoms with Gasteiger partial charge in [0.25, 0.3) is 0 Å². The first-order valence-electron chi connectivity index (χ1n) is 7.97. The Bertz CT molecular complexity index is 495. The molecule has 2 aliphatic heterocycles. The first-order valence-corrected chi connectivity index (χ1v) is 7.97. The molecule has 2 rings (SSSR count). The van der Waals surface area contributed by atoms with Crippen LogP contribution in [-0.4, -0.2) is 69.8 Å². The smallest absolute Gasteiger partial charge is 0.451 e. The van der Waals surface area contributed by atoms with Crippen molar-refractivity contribution in [2.24, 2.45) is 11.1 Å². The highest BCUT2D eigenvalue weighted by atomic mass is 16.4. The maximum absolute atomic E-state index is 12.5. The van der Waals surface area contributed by atoms with E-state index in [2.05, 4.69) is 5.32 Å². The van der Waals surface area contributed by atoms with Gasteiger partial charge in [-0.15, -0.1) is 0 Å². The van der Waals surface area contributed by atoms with Crippen LogP contribution in [0.4, 0.5) is 0 Å². The molecule has 23 heavy (non-hydrogen) atoms. The standard InChI is InChI=1S/C14H26BN3O5/c1-12(2,16)10(19)18-8-13(4-3-6-15(22)23)5-7-17-14(13,9-18)11(20)21/h17,22-23H,3-9,16H2,1-2H3,(H,20,21). The number of aliphatic carboxylic acids is 1. The number of nitrogens with zero attached hydrogens (tertiary/aromatic N) is 1. The summed E-state index contributed by atoms with van der Waals surface area (Å²) in [6.45, 7) is 4.21. The topological polar surface area (TPSA) is 136 Å². The van der Waals surface area contributed by atoms with E-state index in [0.717, 1.165) is 0 Å². The molecular weight excluding hydrogens is 301 g/mol. The lowest BCUT2D eigenvalue weighted by Crippen LogP contribution is -2.59. The Morgan fingerprint density at radius 1 is 1.35 bits per heavy atom. The second-order valence-corrected chi connectivity index (χ2v) is 7.42. The number of amides is 1. The summed E-state index contributed by atoms with van der Waals surface area (Å²) in [6, 6.07) is 0. The monoisotopic (exact) mass is 327 g/mol. The molecule has 0 spiro atoms. The van der Waals surface area contributed by atoms with Crippen molar-refractivity contribution in [1.82, 2.24) is 10.2 Å². The molecule has 6 N–H and O–H groups in total. The minimum atomic E-state index is -1.40. The summed E-state index contributed by atoms with van der Waals surface area (Å²) in [4.78, 5) is 26.0. The van der Waals surface area contributed by atoms with Gasteiger partial charge in [0, 0.05) is 12.0 Å². The van der Waals surface area contributed by atoms with Crippen molar-refractivity contribution >= 4 is 19.0 Å². The van der Waals surface area contributed by atoms with Crippen LogP contribution < -0.4 is 11.1 Å². The van der Waals surface area contributed by atoms with Crippen LogP contribution in [0.15, 0.2) is 0 Å². The van der Waals surface area contributed by atoms with Crippen LogP contribution in [0, 0.1) is 5.41 Å². The van der Waals surface area contributed by atoms with Gasteiger partial charge < -0.3 is 25.8 Å². The van der Waals surface area contributed by atoms with Gasteiger partial charge in [0.2, 0.25) is 5.91 Å². The van der Waals surface area contributed by atoms with E-state index in [9.17, 15) is 14.7 Å². The predicted octanol–water partition coefficient (Wildman–Crippen LogP) is -1.38. The maximum Gasteiger partial charge on any atom is 0.451 e. The number of carbonyl (C=O) groups excluding carboxylic acids is 1. The van der Waals surface area contributed by atoms with E-state index < -0.39 is 29.6 Å². The fourth-order valence-corrected chi connectivity index (χ4v) is 4.02. The van der Waals surface area contributed by atoms with Crippen LogP contribution >= 0.6 is 0 Å². The molecule has 2 heterocycles. The number of hydrogen-bond donors (Lipinski definition) is 5. The third kappa shape index (κ3) is 3.10. The molecule has 0 aliphatic carbocycles. The van der Waals surface area contributed by atoms with Crippen molar-refractivity contribution in [3.63, 3.8) is 0 Å². The van der Waals surface area contributed by atoms with Gasteiger partial charge in [-0.3, -0.25) is 14.9 Å². The molecule has 130 valence electrons. The summed E-state index contributed by atoms with van der Waals surface area (Å²) in [5.41, 5.74) is 3.04. The van der Waals surface area contributed by atoms with Gasteiger partial charge in [0.05, 0.1) is 12.1 Å². The minimum absolute atomic E-state index is 0.0868. The van der Waals surface area contributed by atoms with Crippen LogP contribution in [0.2, 0.25) is 6.32 Å². The first-order chi connectivity index (χ1) is 10.5. The summed E-state index contributed by atoms with van der Waals surface area (Å²) >= 11 is 0. The molecule has 2 saturated heterocycles. The van der Waals surface area contributed by atoms with Gasteiger partial charge in [0.15, 0.2) is 0 Å². The largest absolute Gasteiger partial charge is 0.480 e. The zero-order valence-corrected chi connectivity index (χ0v) is 13.7. The van der Waals surface area contributed by atoms with E-state index in [1.54, 1.807) is 13.8 Å². The molecular formula is C14H26BN3O5. The van der Waals surface area contributed by atoms with Crippen molar-refractivity contribution in [2.45, 2.75) is 50.5 Å². The van der Waals surface area contributed by atoms with Gasteiger partial charge in [-0.05, 0) is 39.6 Å². The number of fused-ring (bicyclic) bond motifs is 1. The molecule has 2 unspecified atom stereocenters. The summed E-state index contributed by atoms with van der Waals surface area (Å²) in [5.74, 6) is -1.24. The average molecular weight is 327 g/mol. The number of carbonyl (C=O) groups is 2. The lowest BCUT2D eigenvalue weighted by Gasteiger charge is -2.35. The van der Waals surface area contributed by atoms with E-state index in [4.69, 9.17) is 15.8 Å². The molecule has 0 aromatic rings. The SMILES string of the molecule is CC(C)(N)C(=O)N1CC2(CCCB(O)O)CCNC2(C(=O)O)C1. The number of rotatable bonds is 6. The van der Waals surface area contributed by atoms with Crippen LogP contribution in [0.5, 0.6) is 0 Å². The Labute approximate surface area is 136 Å². The molecule has 0 aromatic heterocycles. The fourth-order valence-electron chi connectivity index (χ4n) is 4.02. The van der Waals surface area contributed by atoms with E-state index in [-0.39, 0.29) is 18.8 Å². The number of nitrogens with two attached hydrogens (primary N) is 1. The van der Waals surface area contributed by atoms with Crippen molar-refractivity contribution < 1.29 is 24.7 Å². The molecule has 1 amide bonds. The quantitative estimate of drug-likeness (QED) is 0.379. The van der Waals surface area contributed by atoms with Crippen LogP contribution in [0.1, 0.15) is 33.1 Å². The fraction of sp³-hybridized carbons (Fsp3) is 0.857. The van der Waals surface area contributed by atoms with E-state index in [1.807, 2.05) is 0 Å². The Morgan fingerprint density at radius 3 is 2.52 bits per heavy atom. The Morgan fingerprint density at radius 2 is 2.00 bits per heavy atom. The van der Waals surface area contributed by atoms with Crippen LogP contribution in [0.25, 0.3) is 0 Å². The Hall–Kier alpha value is -1.16. The molecule has 9 heteroatoms. The summed E-state index contributed by atoms with van der Waals surface area (Å²) < 4.78 is 0. The molecule has 8 nitrogen and oxygen atoms in total. The van der Waals surface area contributed by atoms with Crippen LogP contribution in [-0.2, 0) is 9.59 Å². The zero-order chi connectivity index (χ0) is 17.5. The summed E-state index contributed by atoms with van der Waals surface area (Å²) in [6.07, 6.45) is 1.82. The van der Waals surface area contributed by atoms with Crippen molar-refractivity contribution in [3.8, 4) is 0 Å². The molecule has 0 radical (unpaired) electrons. The predicted molar refractivity (Wildman–Crippen MR) is 84.5 cm³/mol. The number of nitrogens with one attached hydrogen (secondary N) is 1. The van der Waals surface area contributed by atoms with Gasteiger partial charge >= 0.3 is 13.1 Å². The van der Waals surface area contributed by atoms with Crippen molar-refractivity contribution in [1.29, 1.82) is 0 Å². The Kier molecular flexibility index (Phi) is 4.78. The van der Waals surface area contributed by atoms with Crippen molar-refractivity contribution in [3.05, 3.63) is 0 Å². The van der Waals surface area contributed by atoms with Gasteiger partial charge in [-0.25, -0.2) is 0 Å². The minimum Gasteiger partial charge on any atom is -0.480 e. The third-order valence-corrected chi connectivity index (χ3v) is 5.18. The second kappa shape index (κ2) is 6.05. The van der Waals surface area contributed by atoms with Gasteiger partial charge in [-0.1, -0.05) is 6.42 Å². The first kappa shape index (κ1) is 18.2. The number of likely N-dealkylation sites (tertiary alicyclic amines) is 1. The van der Waals surface area contributed by atoms with E-state index >= 15 is 0 Å². The highest BCUT2D eigenvalue weighted by Gasteiger charge is 2.65. The average Bonchev–Trinajstić information content (AvgIpc) is 2.89. The van der Waals surface area contributed by atoms with E-state index in [1.165, 1.54) is 4.90 Å². The van der Waals surface area contributed by atoms with E-state index in [0.29, 0.717) is 32.4 Å². The number of carboxylic acid groups (broad SMARTS) is 1. The Balaban J connectivity index is 2.25. The summed E-state index contributed by atoms with van der Waals surface area (Å²) in [5, 5.41) is 31.0. The highest BCUT2D eigenvalue weighted by molar-refractivity contribution is 6.40. The molecule has 0 aromatic carbocycles. The zero-order valence-electron chi connectivity index (χ0n) is 13.7. The van der Waals surface area contributed by atoms with Crippen LogP contribution in [0.3, 0.4) is 0 Å². The highest BCUT2D eigenvalue weighted by Crippen LogP contribution is 2.50. The van der Waals surface area contributed by atoms with Gasteiger partial charge in [-0.2, -0.15) is 0 Å². The lowest BCUT2D eigenvalue weighted by atomic mass is 9.68. The number of carboxylic acids is 1.